The predicted molar refractivity (Wildman–Crippen MR) is 53.8 cm³/mol. The number of carbonyl (C=O) groups is 1. The zero-order valence-corrected chi connectivity index (χ0v) is 8.75. The van der Waals surface area contributed by atoms with Gasteiger partial charge >= 0.3 is 5.97 Å². The van der Waals surface area contributed by atoms with Crippen LogP contribution >= 0.6 is 23.2 Å². The van der Waals surface area contributed by atoms with Gasteiger partial charge in [0.15, 0.2) is 6.10 Å². The van der Waals surface area contributed by atoms with Gasteiger partial charge in [0, 0.05) is 0 Å². The van der Waals surface area contributed by atoms with Crippen LogP contribution in [0, 0.1) is 11.3 Å². The Kier molecular flexibility index (Phi) is 3.53. The molecule has 1 aromatic rings. The van der Waals surface area contributed by atoms with Crippen molar-refractivity contribution in [1.29, 1.82) is 5.26 Å². The van der Waals surface area contributed by atoms with Gasteiger partial charge in [-0.1, -0.05) is 23.2 Å². The van der Waals surface area contributed by atoms with Crippen LogP contribution in [0.25, 0.3) is 0 Å². The molecule has 2 N–H and O–H groups in total. The molecule has 0 spiro atoms. The Balaban J connectivity index is 3.27. The lowest BCUT2D eigenvalue weighted by molar-refractivity contribution is -0.146. The van der Waals surface area contributed by atoms with E-state index in [-0.39, 0.29) is 21.2 Å². The Hall–Kier alpha value is -1.28. The third kappa shape index (κ3) is 2.39. The van der Waals surface area contributed by atoms with Crippen molar-refractivity contribution < 1.29 is 15.0 Å². The number of aliphatic hydroxyl groups excluding tert-OH is 1. The van der Waals surface area contributed by atoms with E-state index in [0.29, 0.717) is 0 Å². The molecule has 0 aromatic heterocycles. The fourth-order valence-electron chi connectivity index (χ4n) is 1.000. The van der Waals surface area contributed by atoms with Crippen molar-refractivity contribution >= 4 is 29.2 Å². The summed E-state index contributed by atoms with van der Waals surface area (Å²) in [7, 11) is 0. The van der Waals surface area contributed by atoms with Crippen molar-refractivity contribution in [2.45, 2.75) is 6.10 Å². The van der Waals surface area contributed by atoms with E-state index in [1.165, 1.54) is 12.1 Å². The van der Waals surface area contributed by atoms with Gasteiger partial charge in [-0.2, -0.15) is 5.26 Å². The molecule has 78 valence electrons. The molecule has 0 aliphatic carbocycles. The second-order valence-electron chi connectivity index (χ2n) is 2.71. The number of carboxylic acids is 1. The third-order valence-electron chi connectivity index (χ3n) is 1.73. The standard InChI is InChI=1S/C9H5Cl2NO3/c10-6-1-4(8(13)9(14)15)2-7(11)5(6)3-12/h1-2,8,13H,(H,14,15). The summed E-state index contributed by atoms with van der Waals surface area (Å²) in [6.45, 7) is 0. The van der Waals surface area contributed by atoms with Crippen LogP contribution in [0.15, 0.2) is 12.1 Å². The van der Waals surface area contributed by atoms with Gasteiger partial charge in [0.25, 0.3) is 0 Å². The van der Waals surface area contributed by atoms with Gasteiger partial charge in [0.05, 0.1) is 15.6 Å². The van der Waals surface area contributed by atoms with Crippen molar-refractivity contribution in [3.8, 4) is 6.07 Å². The fraction of sp³-hybridized carbons (Fsp3) is 0.111. The summed E-state index contributed by atoms with van der Waals surface area (Å²) in [5, 5.41) is 26.4. The van der Waals surface area contributed by atoms with Gasteiger partial charge in [0.2, 0.25) is 0 Å². The minimum atomic E-state index is -1.70. The highest BCUT2D eigenvalue weighted by atomic mass is 35.5. The van der Waals surface area contributed by atoms with E-state index >= 15 is 0 Å². The molecule has 6 heteroatoms. The Labute approximate surface area is 95.3 Å². The Morgan fingerprint density at radius 1 is 1.40 bits per heavy atom. The summed E-state index contributed by atoms with van der Waals surface area (Å²) in [6, 6.07) is 4.16. The lowest BCUT2D eigenvalue weighted by Crippen LogP contribution is -2.10. The summed E-state index contributed by atoms with van der Waals surface area (Å²) < 4.78 is 0. The highest BCUT2D eigenvalue weighted by Gasteiger charge is 2.18. The summed E-state index contributed by atoms with van der Waals surface area (Å²) in [5.41, 5.74) is 0.0937. The minimum Gasteiger partial charge on any atom is -0.479 e. The van der Waals surface area contributed by atoms with Crippen LogP contribution in [0.3, 0.4) is 0 Å². The van der Waals surface area contributed by atoms with E-state index in [9.17, 15) is 9.90 Å². The average molecular weight is 246 g/mol. The molecule has 0 aliphatic rings. The lowest BCUT2D eigenvalue weighted by atomic mass is 10.1. The topological polar surface area (TPSA) is 81.3 Å². The van der Waals surface area contributed by atoms with Gasteiger partial charge in [-0.25, -0.2) is 4.79 Å². The molecule has 1 unspecified atom stereocenters. The van der Waals surface area contributed by atoms with Crippen LogP contribution in [0.2, 0.25) is 10.0 Å². The van der Waals surface area contributed by atoms with Crippen molar-refractivity contribution in [3.63, 3.8) is 0 Å². The quantitative estimate of drug-likeness (QED) is 0.835. The molecule has 0 heterocycles. The molecule has 1 aromatic carbocycles. The molecule has 0 radical (unpaired) electrons. The average Bonchev–Trinajstić information content (AvgIpc) is 2.15. The van der Waals surface area contributed by atoms with Gasteiger partial charge < -0.3 is 10.2 Å². The van der Waals surface area contributed by atoms with Gasteiger partial charge in [-0.15, -0.1) is 0 Å². The molecule has 1 rings (SSSR count). The maximum atomic E-state index is 10.5. The monoisotopic (exact) mass is 245 g/mol. The van der Waals surface area contributed by atoms with E-state index in [1.807, 2.05) is 0 Å². The summed E-state index contributed by atoms with van der Waals surface area (Å²) in [4.78, 5) is 10.5. The van der Waals surface area contributed by atoms with Crippen LogP contribution in [-0.2, 0) is 4.79 Å². The summed E-state index contributed by atoms with van der Waals surface area (Å²) in [6.07, 6.45) is -1.70. The summed E-state index contributed by atoms with van der Waals surface area (Å²) in [5.74, 6) is -1.41. The van der Waals surface area contributed by atoms with E-state index in [1.54, 1.807) is 6.07 Å². The zero-order chi connectivity index (χ0) is 11.6. The van der Waals surface area contributed by atoms with Crippen molar-refractivity contribution in [1.82, 2.24) is 0 Å². The molecular weight excluding hydrogens is 241 g/mol. The molecule has 0 fully saturated rings. The van der Waals surface area contributed by atoms with E-state index in [2.05, 4.69) is 0 Å². The molecule has 4 nitrogen and oxygen atoms in total. The molecule has 0 saturated heterocycles. The number of hydrogen-bond donors (Lipinski definition) is 2. The number of rotatable bonds is 2. The maximum absolute atomic E-state index is 10.5. The number of halogens is 2. The third-order valence-corrected chi connectivity index (χ3v) is 2.32. The molecular formula is C9H5Cl2NO3. The molecule has 1 atom stereocenters. The van der Waals surface area contributed by atoms with Crippen molar-refractivity contribution in [3.05, 3.63) is 33.3 Å². The zero-order valence-electron chi connectivity index (χ0n) is 7.24. The van der Waals surface area contributed by atoms with Crippen molar-refractivity contribution in [2.24, 2.45) is 0 Å². The highest BCUT2D eigenvalue weighted by Crippen LogP contribution is 2.28. The molecule has 0 bridgehead atoms. The number of benzene rings is 1. The highest BCUT2D eigenvalue weighted by molar-refractivity contribution is 6.36. The summed E-state index contributed by atoms with van der Waals surface area (Å²) >= 11 is 11.3. The smallest absolute Gasteiger partial charge is 0.337 e. The fourth-order valence-corrected chi connectivity index (χ4v) is 1.59. The Morgan fingerprint density at radius 3 is 2.20 bits per heavy atom. The molecule has 0 aliphatic heterocycles. The van der Waals surface area contributed by atoms with Crippen LogP contribution in [-0.4, -0.2) is 16.2 Å². The second-order valence-corrected chi connectivity index (χ2v) is 3.53. The molecule has 15 heavy (non-hydrogen) atoms. The number of aliphatic carboxylic acids is 1. The molecule has 0 amide bonds. The number of hydrogen-bond acceptors (Lipinski definition) is 3. The van der Waals surface area contributed by atoms with Crippen LogP contribution in [0.5, 0.6) is 0 Å². The first-order valence-electron chi connectivity index (χ1n) is 3.77. The van der Waals surface area contributed by atoms with Crippen LogP contribution in [0.4, 0.5) is 0 Å². The first kappa shape index (κ1) is 11.8. The van der Waals surface area contributed by atoms with Gasteiger partial charge in [-0.05, 0) is 17.7 Å². The first-order chi connectivity index (χ1) is 6.97. The van der Waals surface area contributed by atoms with E-state index in [0.717, 1.165) is 0 Å². The normalized spacial score (nSPS) is 11.9. The number of carboxylic acid groups (broad SMARTS) is 1. The number of aliphatic hydroxyl groups is 1. The van der Waals surface area contributed by atoms with Crippen LogP contribution < -0.4 is 0 Å². The lowest BCUT2D eigenvalue weighted by Gasteiger charge is -2.07. The Bertz CT molecular complexity index is 430. The SMILES string of the molecule is N#Cc1c(Cl)cc(C(O)C(=O)O)cc1Cl. The van der Waals surface area contributed by atoms with E-state index < -0.39 is 12.1 Å². The van der Waals surface area contributed by atoms with E-state index in [4.69, 9.17) is 33.6 Å². The van der Waals surface area contributed by atoms with Gasteiger partial charge in [0.1, 0.15) is 6.07 Å². The second kappa shape index (κ2) is 4.49. The molecule has 0 saturated carbocycles. The largest absolute Gasteiger partial charge is 0.479 e. The minimum absolute atomic E-state index is 0.0142. The number of nitrogens with zero attached hydrogens (tertiary/aromatic N) is 1. The van der Waals surface area contributed by atoms with Crippen LogP contribution in [0.1, 0.15) is 17.2 Å². The predicted octanol–water partition coefficient (Wildman–Crippen LogP) is 1.98. The van der Waals surface area contributed by atoms with Crippen molar-refractivity contribution in [2.75, 3.05) is 0 Å². The van der Waals surface area contributed by atoms with Gasteiger partial charge in [-0.3, -0.25) is 0 Å². The number of nitriles is 1. The first-order valence-corrected chi connectivity index (χ1v) is 4.53. The Morgan fingerprint density at radius 2 is 1.87 bits per heavy atom. The maximum Gasteiger partial charge on any atom is 0.337 e.